The molecule has 1 amide bonds. The average molecular weight is 515 g/mol. The number of ether oxygens (including phenoxy) is 2. The van der Waals surface area contributed by atoms with Crippen molar-refractivity contribution in [2.24, 2.45) is 5.92 Å². The molecule has 3 saturated heterocycles. The van der Waals surface area contributed by atoms with Crippen molar-refractivity contribution in [1.29, 1.82) is 0 Å². The lowest BCUT2D eigenvalue weighted by Gasteiger charge is -2.52. The van der Waals surface area contributed by atoms with E-state index < -0.39 is 5.60 Å². The van der Waals surface area contributed by atoms with Crippen molar-refractivity contribution in [1.82, 2.24) is 19.6 Å². The number of piperidine rings is 2. The van der Waals surface area contributed by atoms with Gasteiger partial charge in [0.25, 0.3) is 0 Å². The Balaban J connectivity index is 1.19. The summed E-state index contributed by atoms with van der Waals surface area (Å²) in [5.74, 6) is 1.73. The minimum atomic E-state index is -0.434. The first-order valence-corrected chi connectivity index (χ1v) is 14.4. The molecular formula is C30H50N4O3. The van der Waals surface area contributed by atoms with Gasteiger partial charge in [0.05, 0.1) is 7.11 Å². The van der Waals surface area contributed by atoms with Crippen molar-refractivity contribution in [3.63, 3.8) is 0 Å². The number of likely N-dealkylation sites (tertiary alicyclic amines) is 2. The van der Waals surface area contributed by atoms with Gasteiger partial charge in [-0.3, -0.25) is 14.7 Å². The predicted molar refractivity (Wildman–Crippen MR) is 149 cm³/mol. The average Bonchev–Trinajstić information content (AvgIpc) is 2.86. The molecule has 0 N–H and O–H groups in total. The topological polar surface area (TPSA) is 48.5 Å². The molecule has 0 spiro atoms. The lowest BCUT2D eigenvalue weighted by atomic mass is 9.86. The van der Waals surface area contributed by atoms with Gasteiger partial charge in [-0.15, -0.1) is 0 Å². The fourth-order valence-electron chi connectivity index (χ4n) is 6.22. The number of amides is 1. The minimum absolute atomic E-state index is 0.164. The van der Waals surface area contributed by atoms with Crippen molar-refractivity contribution in [3.05, 3.63) is 29.8 Å². The summed E-state index contributed by atoms with van der Waals surface area (Å²) in [5.41, 5.74) is 1.11. The lowest BCUT2D eigenvalue weighted by Crippen LogP contribution is -2.62. The quantitative estimate of drug-likeness (QED) is 0.548. The molecule has 1 aromatic carbocycles. The van der Waals surface area contributed by atoms with Crippen LogP contribution in [0.3, 0.4) is 0 Å². The minimum Gasteiger partial charge on any atom is -0.497 e. The number of benzene rings is 1. The summed E-state index contributed by atoms with van der Waals surface area (Å²) < 4.78 is 10.9. The highest BCUT2D eigenvalue weighted by molar-refractivity contribution is 5.68. The van der Waals surface area contributed by atoms with Crippen LogP contribution in [0.2, 0.25) is 0 Å². The highest BCUT2D eigenvalue weighted by Gasteiger charge is 2.40. The van der Waals surface area contributed by atoms with Gasteiger partial charge in [-0.1, -0.05) is 12.1 Å². The third-order valence-electron chi connectivity index (χ3n) is 8.79. The third kappa shape index (κ3) is 7.61. The molecule has 7 heteroatoms. The van der Waals surface area contributed by atoms with Gasteiger partial charge in [0.2, 0.25) is 0 Å². The maximum Gasteiger partial charge on any atom is 0.410 e. The van der Waals surface area contributed by atoms with E-state index in [2.05, 4.69) is 52.8 Å². The van der Waals surface area contributed by atoms with Crippen LogP contribution in [0.4, 0.5) is 4.79 Å². The van der Waals surface area contributed by atoms with Gasteiger partial charge in [0.1, 0.15) is 11.4 Å². The molecule has 0 bridgehead atoms. The molecule has 0 aliphatic carbocycles. The van der Waals surface area contributed by atoms with E-state index in [1.54, 1.807) is 7.11 Å². The zero-order chi connectivity index (χ0) is 26.6. The summed E-state index contributed by atoms with van der Waals surface area (Å²) in [6, 6.07) is 9.08. The van der Waals surface area contributed by atoms with Crippen LogP contribution in [0.5, 0.6) is 5.75 Å². The van der Waals surface area contributed by atoms with E-state index in [9.17, 15) is 4.79 Å². The number of nitrogens with zero attached hydrogens (tertiary/aromatic N) is 4. The molecule has 208 valence electrons. The number of carbonyl (C=O) groups is 1. The summed E-state index contributed by atoms with van der Waals surface area (Å²) >= 11 is 0. The molecule has 3 fully saturated rings. The predicted octanol–water partition coefficient (Wildman–Crippen LogP) is 4.70. The SMILES string of the molecule is COc1ccc(CN2CCC(CN3CCN(C4(C)CCN(C(=O)OC(C)(C)C)CC4)CC3C)CC2)cc1. The molecular weight excluding hydrogens is 464 g/mol. The monoisotopic (exact) mass is 514 g/mol. The van der Waals surface area contributed by atoms with Crippen molar-refractivity contribution >= 4 is 6.09 Å². The van der Waals surface area contributed by atoms with Crippen LogP contribution in [0.15, 0.2) is 24.3 Å². The van der Waals surface area contributed by atoms with E-state index >= 15 is 0 Å². The highest BCUT2D eigenvalue weighted by Crippen LogP contribution is 2.32. The summed E-state index contributed by atoms with van der Waals surface area (Å²) in [7, 11) is 1.72. The van der Waals surface area contributed by atoms with Crippen LogP contribution in [0.25, 0.3) is 0 Å². The molecule has 1 unspecified atom stereocenters. The van der Waals surface area contributed by atoms with Crippen LogP contribution in [-0.4, -0.2) is 102 Å². The van der Waals surface area contributed by atoms with Crippen LogP contribution in [0.1, 0.15) is 65.9 Å². The first kappa shape index (κ1) is 28.2. The number of rotatable bonds is 6. The second-order valence-corrected chi connectivity index (χ2v) is 12.8. The number of hydrogen-bond acceptors (Lipinski definition) is 6. The molecule has 0 saturated carbocycles. The van der Waals surface area contributed by atoms with Gasteiger partial charge in [0, 0.05) is 57.4 Å². The van der Waals surface area contributed by atoms with Gasteiger partial charge < -0.3 is 14.4 Å². The van der Waals surface area contributed by atoms with Crippen LogP contribution in [-0.2, 0) is 11.3 Å². The molecule has 4 rings (SSSR count). The Labute approximate surface area is 225 Å². The van der Waals surface area contributed by atoms with E-state index in [1.165, 1.54) is 38.0 Å². The summed E-state index contributed by atoms with van der Waals surface area (Å²) in [6.07, 6.45) is 4.46. The van der Waals surface area contributed by atoms with Crippen LogP contribution in [0, 0.1) is 5.92 Å². The van der Waals surface area contributed by atoms with E-state index in [1.807, 2.05) is 25.7 Å². The zero-order valence-electron chi connectivity index (χ0n) is 24.2. The van der Waals surface area contributed by atoms with Gasteiger partial charge in [0.15, 0.2) is 0 Å². The molecule has 3 aliphatic rings. The lowest BCUT2D eigenvalue weighted by molar-refractivity contribution is -0.0321. The summed E-state index contributed by atoms with van der Waals surface area (Å²) in [5, 5.41) is 0. The first-order valence-electron chi connectivity index (χ1n) is 14.4. The number of methoxy groups -OCH3 is 1. The largest absolute Gasteiger partial charge is 0.497 e. The maximum atomic E-state index is 12.5. The Morgan fingerprint density at radius 2 is 1.65 bits per heavy atom. The molecule has 37 heavy (non-hydrogen) atoms. The van der Waals surface area contributed by atoms with Gasteiger partial charge in [-0.2, -0.15) is 0 Å². The van der Waals surface area contributed by atoms with Gasteiger partial charge in [-0.25, -0.2) is 4.79 Å². The zero-order valence-corrected chi connectivity index (χ0v) is 24.2. The molecule has 0 radical (unpaired) electrons. The Morgan fingerprint density at radius 3 is 2.22 bits per heavy atom. The van der Waals surface area contributed by atoms with E-state index in [4.69, 9.17) is 9.47 Å². The van der Waals surface area contributed by atoms with Crippen LogP contribution < -0.4 is 4.74 Å². The number of carbonyl (C=O) groups excluding carboxylic acids is 1. The molecule has 1 aromatic rings. The van der Waals surface area contributed by atoms with Crippen molar-refractivity contribution < 1.29 is 14.3 Å². The fourth-order valence-corrected chi connectivity index (χ4v) is 6.22. The number of hydrogen-bond donors (Lipinski definition) is 0. The molecule has 7 nitrogen and oxygen atoms in total. The molecule has 3 heterocycles. The molecule has 1 atom stereocenters. The normalized spacial score (nSPS) is 24.7. The van der Waals surface area contributed by atoms with E-state index in [-0.39, 0.29) is 11.6 Å². The second kappa shape index (κ2) is 11.9. The standard InChI is InChI=1S/C30H50N4O3/c1-24-21-34(30(5)13-17-32(18-14-30)28(35)37-29(2,3)4)20-19-33(24)23-26-11-15-31(16-12-26)22-25-7-9-27(36-6)10-8-25/h7-10,24,26H,11-23H2,1-6H3. The fraction of sp³-hybridized carbons (Fsp3) is 0.767. The third-order valence-corrected chi connectivity index (χ3v) is 8.79. The van der Waals surface area contributed by atoms with Gasteiger partial charge in [-0.05, 0) is 97.0 Å². The van der Waals surface area contributed by atoms with E-state index in [0.717, 1.165) is 63.8 Å². The summed E-state index contributed by atoms with van der Waals surface area (Å²) in [6.45, 7) is 20.2. The van der Waals surface area contributed by atoms with Crippen molar-refractivity contribution in [3.8, 4) is 5.75 Å². The first-order chi connectivity index (χ1) is 17.5. The number of piperazine rings is 1. The van der Waals surface area contributed by atoms with Crippen molar-refractivity contribution in [2.75, 3.05) is 59.5 Å². The van der Waals surface area contributed by atoms with E-state index in [0.29, 0.717) is 6.04 Å². The highest BCUT2D eigenvalue weighted by atomic mass is 16.6. The summed E-state index contributed by atoms with van der Waals surface area (Å²) in [4.78, 5) is 22.4. The molecule has 3 aliphatic heterocycles. The van der Waals surface area contributed by atoms with Gasteiger partial charge >= 0.3 is 6.09 Å². The molecule has 0 aromatic heterocycles. The Bertz CT molecular complexity index is 868. The Hall–Kier alpha value is -1.83. The van der Waals surface area contributed by atoms with Crippen LogP contribution >= 0.6 is 0 Å². The van der Waals surface area contributed by atoms with Crippen molar-refractivity contribution in [2.45, 2.75) is 84.0 Å². The second-order valence-electron chi connectivity index (χ2n) is 12.8. The Morgan fingerprint density at radius 1 is 1.00 bits per heavy atom. The maximum absolute atomic E-state index is 12.5. The Kier molecular flexibility index (Phi) is 9.08. The smallest absolute Gasteiger partial charge is 0.410 e.